The minimum Gasteiger partial charge on any atom is -0.379 e. The lowest BCUT2D eigenvalue weighted by molar-refractivity contribution is -0.126. The van der Waals surface area contributed by atoms with Gasteiger partial charge in [-0.25, -0.2) is 4.39 Å². The number of nitrogens with zero attached hydrogens (tertiary/aromatic N) is 1. The lowest BCUT2D eigenvalue weighted by atomic mass is 10.3. The van der Waals surface area contributed by atoms with Crippen LogP contribution in [0.3, 0.4) is 0 Å². The maximum absolute atomic E-state index is 13.0. The number of halogens is 1. The molecule has 1 saturated heterocycles. The van der Waals surface area contributed by atoms with Crippen LogP contribution in [-0.4, -0.2) is 56.1 Å². The van der Waals surface area contributed by atoms with Gasteiger partial charge in [0.2, 0.25) is 11.8 Å². The van der Waals surface area contributed by atoms with Crippen LogP contribution in [-0.2, 0) is 14.3 Å². The normalized spacial score (nSPS) is 15.3. The van der Waals surface area contributed by atoms with Gasteiger partial charge in [-0.3, -0.25) is 14.5 Å². The molecule has 2 N–H and O–H groups in total. The van der Waals surface area contributed by atoms with Crippen LogP contribution in [0.1, 0.15) is 6.42 Å². The summed E-state index contributed by atoms with van der Waals surface area (Å²) < 4.78 is 18.2. The van der Waals surface area contributed by atoms with Crippen molar-refractivity contribution in [1.29, 1.82) is 0 Å². The van der Waals surface area contributed by atoms with Crippen molar-refractivity contribution in [3.63, 3.8) is 0 Å². The summed E-state index contributed by atoms with van der Waals surface area (Å²) in [6, 6.07) is 5.55. The van der Waals surface area contributed by atoms with Gasteiger partial charge in [-0.15, -0.1) is 0 Å². The lowest BCUT2D eigenvalue weighted by Crippen LogP contribution is -2.41. The molecule has 0 unspecified atom stereocenters. The first-order valence-corrected chi connectivity index (χ1v) is 7.26. The summed E-state index contributed by atoms with van der Waals surface area (Å²) >= 11 is 0. The van der Waals surface area contributed by atoms with Crippen LogP contribution in [0.4, 0.5) is 10.1 Å². The van der Waals surface area contributed by atoms with Crippen molar-refractivity contribution in [3.05, 3.63) is 30.1 Å². The van der Waals surface area contributed by atoms with Crippen LogP contribution >= 0.6 is 0 Å². The van der Waals surface area contributed by atoms with Crippen LogP contribution in [0.25, 0.3) is 0 Å². The van der Waals surface area contributed by atoms with Gasteiger partial charge in [0.15, 0.2) is 0 Å². The molecule has 0 bridgehead atoms. The van der Waals surface area contributed by atoms with E-state index in [0.717, 1.165) is 19.6 Å². The van der Waals surface area contributed by atoms with Crippen molar-refractivity contribution in [2.24, 2.45) is 0 Å². The highest BCUT2D eigenvalue weighted by Gasteiger charge is 2.12. The third kappa shape index (κ3) is 5.79. The van der Waals surface area contributed by atoms with E-state index >= 15 is 0 Å². The number of hydrogen-bond donors (Lipinski definition) is 2. The Morgan fingerprint density at radius 1 is 1.23 bits per heavy atom. The smallest absolute Gasteiger partial charge is 0.233 e. The van der Waals surface area contributed by atoms with Gasteiger partial charge in [0.05, 0.1) is 13.2 Å². The predicted octanol–water partition coefficient (Wildman–Crippen LogP) is 0.603. The largest absolute Gasteiger partial charge is 0.379 e. The van der Waals surface area contributed by atoms with E-state index in [1.165, 1.54) is 18.2 Å². The molecular weight excluding hydrogens is 289 g/mol. The number of ether oxygens (including phenoxy) is 1. The third-order valence-electron chi connectivity index (χ3n) is 3.28. The molecule has 22 heavy (non-hydrogen) atoms. The Hall–Kier alpha value is -1.99. The van der Waals surface area contributed by atoms with Gasteiger partial charge in [0.1, 0.15) is 12.2 Å². The Bertz CT molecular complexity index is 519. The Morgan fingerprint density at radius 2 is 2.00 bits per heavy atom. The first kappa shape index (κ1) is 16.4. The minimum atomic E-state index is -0.463. The van der Waals surface area contributed by atoms with E-state index < -0.39 is 11.7 Å². The molecule has 6 nitrogen and oxygen atoms in total. The van der Waals surface area contributed by atoms with E-state index in [4.69, 9.17) is 4.74 Å². The van der Waals surface area contributed by atoms with Gasteiger partial charge in [0, 0.05) is 31.9 Å². The molecule has 0 spiro atoms. The zero-order chi connectivity index (χ0) is 15.8. The Balaban J connectivity index is 1.64. The molecule has 1 aromatic carbocycles. The van der Waals surface area contributed by atoms with Crippen molar-refractivity contribution in [3.8, 4) is 0 Å². The molecule has 1 aromatic rings. The zero-order valence-corrected chi connectivity index (χ0v) is 12.3. The Labute approximate surface area is 128 Å². The second-order valence-corrected chi connectivity index (χ2v) is 5.04. The summed E-state index contributed by atoms with van der Waals surface area (Å²) in [4.78, 5) is 25.5. The number of nitrogens with one attached hydrogen (secondary N) is 2. The fourth-order valence-electron chi connectivity index (χ4n) is 2.16. The number of hydrogen-bond acceptors (Lipinski definition) is 4. The van der Waals surface area contributed by atoms with Gasteiger partial charge in [0.25, 0.3) is 0 Å². The van der Waals surface area contributed by atoms with Crippen LogP contribution in [0.5, 0.6) is 0 Å². The van der Waals surface area contributed by atoms with Crippen LogP contribution < -0.4 is 10.6 Å². The number of carbonyl (C=O) groups excluding carboxylic acids is 2. The summed E-state index contributed by atoms with van der Waals surface area (Å²) in [5.41, 5.74) is 0.339. The number of anilines is 1. The van der Waals surface area contributed by atoms with E-state index in [9.17, 15) is 14.0 Å². The van der Waals surface area contributed by atoms with Crippen LogP contribution in [0, 0.1) is 5.82 Å². The number of carbonyl (C=O) groups is 2. The van der Waals surface area contributed by atoms with E-state index in [1.54, 1.807) is 6.07 Å². The van der Waals surface area contributed by atoms with Gasteiger partial charge >= 0.3 is 0 Å². The molecule has 7 heteroatoms. The number of amides is 2. The molecule has 2 amide bonds. The molecule has 0 saturated carbocycles. The number of rotatable bonds is 6. The predicted molar refractivity (Wildman–Crippen MR) is 79.9 cm³/mol. The van der Waals surface area contributed by atoms with Crippen LogP contribution in [0.2, 0.25) is 0 Å². The first-order valence-electron chi connectivity index (χ1n) is 7.26. The van der Waals surface area contributed by atoms with E-state index in [1.807, 2.05) is 0 Å². The van der Waals surface area contributed by atoms with Gasteiger partial charge in [-0.2, -0.15) is 0 Å². The quantitative estimate of drug-likeness (QED) is 0.755. The molecule has 1 heterocycles. The summed E-state index contributed by atoms with van der Waals surface area (Å²) in [6.07, 6.45) is -0.278. The summed E-state index contributed by atoms with van der Waals surface area (Å²) in [5.74, 6) is -1.25. The average Bonchev–Trinajstić information content (AvgIpc) is 2.48. The Kier molecular flexibility index (Phi) is 6.29. The van der Waals surface area contributed by atoms with Crippen molar-refractivity contribution < 1.29 is 18.7 Å². The standard InChI is InChI=1S/C15H20FN3O3/c16-12-2-1-3-13(10-12)18-15(21)11-14(20)17-4-5-19-6-8-22-9-7-19/h1-3,10H,4-9,11H2,(H,17,20)(H,18,21). The van der Waals surface area contributed by atoms with Gasteiger partial charge in [-0.05, 0) is 18.2 Å². The summed E-state index contributed by atoms with van der Waals surface area (Å²) in [7, 11) is 0. The molecule has 0 aromatic heterocycles. The van der Waals surface area contributed by atoms with Crippen molar-refractivity contribution in [2.75, 3.05) is 44.7 Å². The monoisotopic (exact) mass is 309 g/mol. The highest BCUT2D eigenvalue weighted by atomic mass is 19.1. The summed E-state index contributed by atoms with van der Waals surface area (Å²) in [6.45, 7) is 4.37. The second-order valence-electron chi connectivity index (χ2n) is 5.04. The van der Waals surface area contributed by atoms with Crippen molar-refractivity contribution >= 4 is 17.5 Å². The van der Waals surface area contributed by atoms with Crippen molar-refractivity contribution in [2.45, 2.75) is 6.42 Å². The van der Waals surface area contributed by atoms with E-state index in [-0.39, 0.29) is 12.3 Å². The van der Waals surface area contributed by atoms with Gasteiger partial charge in [-0.1, -0.05) is 6.07 Å². The topological polar surface area (TPSA) is 70.7 Å². The number of morpholine rings is 1. The fraction of sp³-hybridized carbons (Fsp3) is 0.467. The first-order chi connectivity index (χ1) is 10.6. The zero-order valence-electron chi connectivity index (χ0n) is 12.3. The van der Waals surface area contributed by atoms with E-state index in [0.29, 0.717) is 25.4 Å². The molecule has 1 aliphatic heterocycles. The lowest BCUT2D eigenvalue weighted by Gasteiger charge is -2.26. The maximum Gasteiger partial charge on any atom is 0.233 e. The minimum absolute atomic E-state index is 0.278. The molecule has 120 valence electrons. The Morgan fingerprint density at radius 3 is 2.73 bits per heavy atom. The third-order valence-corrected chi connectivity index (χ3v) is 3.28. The van der Waals surface area contributed by atoms with Crippen LogP contribution in [0.15, 0.2) is 24.3 Å². The molecule has 0 aliphatic carbocycles. The fourth-order valence-corrected chi connectivity index (χ4v) is 2.16. The van der Waals surface area contributed by atoms with E-state index in [2.05, 4.69) is 15.5 Å². The second kappa shape index (κ2) is 8.45. The highest BCUT2D eigenvalue weighted by Crippen LogP contribution is 2.09. The van der Waals surface area contributed by atoms with Gasteiger partial charge < -0.3 is 15.4 Å². The molecule has 0 atom stereocenters. The highest BCUT2D eigenvalue weighted by molar-refractivity contribution is 6.03. The number of benzene rings is 1. The molecule has 1 fully saturated rings. The molecule has 1 aliphatic rings. The van der Waals surface area contributed by atoms with Crippen molar-refractivity contribution in [1.82, 2.24) is 10.2 Å². The SMILES string of the molecule is O=C(CC(=O)Nc1cccc(F)c1)NCCN1CCOCC1. The average molecular weight is 309 g/mol. The molecular formula is C15H20FN3O3. The molecule has 2 rings (SSSR count). The summed E-state index contributed by atoms with van der Waals surface area (Å²) in [5, 5.41) is 5.19. The molecule has 0 radical (unpaired) electrons. The maximum atomic E-state index is 13.0.